The fraction of sp³-hybridized carbons (Fsp3) is 0.217. The second kappa shape index (κ2) is 8.66. The lowest BCUT2D eigenvalue weighted by molar-refractivity contribution is -0.142. The molecule has 0 aliphatic rings. The molecule has 1 atom stereocenters. The van der Waals surface area contributed by atoms with Gasteiger partial charge in [-0.2, -0.15) is 18.4 Å². The van der Waals surface area contributed by atoms with Crippen LogP contribution in [0.4, 0.5) is 23.4 Å². The molecule has 4 aromatic rings. The summed E-state index contributed by atoms with van der Waals surface area (Å²) >= 11 is 1.29. The fourth-order valence-corrected chi connectivity index (χ4v) is 6.05. The third-order valence-corrected chi connectivity index (χ3v) is 8.23. The first kappa shape index (κ1) is 24.7. The Kier molecular flexibility index (Phi) is 6.11. The van der Waals surface area contributed by atoms with Crippen LogP contribution in [0.3, 0.4) is 0 Å². The van der Waals surface area contributed by atoms with Gasteiger partial charge >= 0.3 is 6.18 Å². The molecule has 0 radical (unpaired) electrons. The van der Waals surface area contributed by atoms with E-state index >= 15 is 0 Å². The number of rotatable bonds is 5. The van der Waals surface area contributed by atoms with Gasteiger partial charge in [-0.05, 0) is 56.7 Å². The van der Waals surface area contributed by atoms with Crippen LogP contribution in [-0.2, 0) is 10.0 Å². The summed E-state index contributed by atoms with van der Waals surface area (Å²) in [6.07, 6.45) is -2.77. The van der Waals surface area contributed by atoms with E-state index in [1.54, 1.807) is 18.4 Å². The molecular weight excluding hydrogens is 504 g/mol. The number of halogens is 4. The fourth-order valence-electron chi connectivity index (χ4n) is 3.78. The summed E-state index contributed by atoms with van der Waals surface area (Å²) in [5.74, 6) is -1.20. The number of benzene rings is 1. The van der Waals surface area contributed by atoms with Crippen LogP contribution in [0.25, 0.3) is 16.6 Å². The van der Waals surface area contributed by atoms with Gasteiger partial charge in [-0.25, -0.2) is 17.1 Å². The number of aryl methyl sites for hydroxylation is 2. The Morgan fingerprint density at radius 1 is 1.23 bits per heavy atom. The van der Waals surface area contributed by atoms with E-state index in [-0.39, 0.29) is 20.8 Å². The molecule has 4 rings (SSSR count). The van der Waals surface area contributed by atoms with Crippen LogP contribution in [-0.4, -0.2) is 30.2 Å². The molecule has 182 valence electrons. The Hall–Kier alpha value is -3.43. The average Bonchev–Trinajstić information content (AvgIpc) is 3.34. The Bertz CT molecular complexity index is 1570. The summed E-state index contributed by atoms with van der Waals surface area (Å²) in [5, 5.41) is 11.6. The summed E-state index contributed by atoms with van der Waals surface area (Å²) in [4.78, 5) is 4.05. The molecule has 0 spiro atoms. The number of pyridine rings is 1. The van der Waals surface area contributed by atoms with Crippen LogP contribution >= 0.6 is 11.3 Å². The smallest absolute Gasteiger partial charge is 0.293 e. The third kappa shape index (κ3) is 4.15. The molecule has 0 aliphatic carbocycles. The lowest BCUT2D eigenvalue weighted by atomic mass is 10.1. The maximum Gasteiger partial charge on any atom is 0.409 e. The van der Waals surface area contributed by atoms with Crippen molar-refractivity contribution in [1.82, 2.24) is 9.55 Å². The number of hydrogen-bond acceptors (Lipinski definition) is 5. The molecule has 3 heterocycles. The zero-order valence-corrected chi connectivity index (χ0v) is 20.3. The van der Waals surface area contributed by atoms with E-state index in [0.29, 0.717) is 12.6 Å². The number of sulfonamides is 1. The van der Waals surface area contributed by atoms with E-state index in [4.69, 9.17) is 0 Å². The molecule has 0 amide bonds. The van der Waals surface area contributed by atoms with E-state index in [1.165, 1.54) is 41.2 Å². The molecule has 0 saturated heterocycles. The summed E-state index contributed by atoms with van der Waals surface area (Å²) < 4.78 is 85.7. The van der Waals surface area contributed by atoms with Crippen LogP contribution in [0.15, 0.2) is 53.0 Å². The zero-order valence-electron chi connectivity index (χ0n) is 18.6. The van der Waals surface area contributed by atoms with Gasteiger partial charge in [-0.1, -0.05) is 0 Å². The highest BCUT2D eigenvalue weighted by Gasteiger charge is 2.48. The minimum Gasteiger partial charge on any atom is -0.293 e. The Morgan fingerprint density at radius 3 is 2.49 bits per heavy atom. The number of hydrogen-bond donors (Lipinski definition) is 0. The Labute approximate surface area is 202 Å². The zero-order chi connectivity index (χ0) is 25.7. The predicted molar refractivity (Wildman–Crippen MR) is 125 cm³/mol. The van der Waals surface area contributed by atoms with Gasteiger partial charge in [-0.15, -0.1) is 11.3 Å². The first-order valence-corrected chi connectivity index (χ1v) is 12.5. The van der Waals surface area contributed by atoms with Gasteiger partial charge in [0, 0.05) is 28.0 Å². The van der Waals surface area contributed by atoms with Crippen molar-refractivity contribution in [2.45, 2.75) is 37.9 Å². The van der Waals surface area contributed by atoms with Gasteiger partial charge in [0.25, 0.3) is 10.0 Å². The summed E-state index contributed by atoms with van der Waals surface area (Å²) in [7, 11) is -4.87. The van der Waals surface area contributed by atoms with Crippen LogP contribution in [0.2, 0.25) is 0 Å². The van der Waals surface area contributed by atoms with Crippen molar-refractivity contribution < 1.29 is 26.0 Å². The van der Waals surface area contributed by atoms with Gasteiger partial charge in [0.15, 0.2) is 0 Å². The van der Waals surface area contributed by atoms with E-state index in [9.17, 15) is 31.2 Å². The highest BCUT2D eigenvalue weighted by atomic mass is 32.2. The molecule has 1 aromatic carbocycles. The molecule has 0 unspecified atom stereocenters. The van der Waals surface area contributed by atoms with Crippen molar-refractivity contribution in [2.75, 3.05) is 4.31 Å². The minimum absolute atomic E-state index is 0.00443. The molecule has 0 fully saturated rings. The maximum absolute atomic E-state index is 14.5. The largest absolute Gasteiger partial charge is 0.409 e. The van der Waals surface area contributed by atoms with Crippen molar-refractivity contribution in [3.63, 3.8) is 0 Å². The molecule has 12 heteroatoms. The molecular formula is C23H18F4N4O2S2. The quantitative estimate of drug-likeness (QED) is 0.308. The van der Waals surface area contributed by atoms with Gasteiger partial charge in [0.05, 0.1) is 11.2 Å². The molecule has 0 N–H and O–H groups in total. The number of alkyl halides is 3. The second-order valence-electron chi connectivity index (χ2n) is 7.89. The number of nitriles is 1. The monoisotopic (exact) mass is 522 g/mol. The van der Waals surface area contributed by atoms with Gasteiger partial charge in [0.1, 0.15) is 34.2 Å². The van der Waals surface area contributed by atoms with Gasteiger partial charge in [-0.3, -0.25) is 9.55 Å². The molecule has 0 saturated carbocycles. The van der Waals surface area contributed by atoms with Crippen LogP contribution < -0.4 is 4.31 Å². The first-order valence-electron chi connectivity index (χ1n) is 10.2. The molecule has 0 aliphatic heterocycles. The SMILES string of the molecule is Cc1cc(-n2c(N([C@@H](C)C(F)(F)F)S(=O)(=O)c3cccnc3)c(C#N)c3cc(F)c(C)cc32)cs1. The van der Waals surface area contributed by atoms with E-state index < -0.39 is 44.3 Å². The first-order chi connectivity index (χ1) is 16.4. The van der Waals surface area contributed by atoms with E-state index in [1.807, 2.05) is 6.07 Å². The Morgan fingerprint density at radius 2 is 1.94 bits per heavy atom. The topological polar surface area (TPSA) is 79.0 Å². The normalized spacial score (nSPS) is 13.1. The lowest BCUT2D eigenvalue weighted by Gasteiger charge is -2.32. The van der Waals surface area contributed by atoms with Gasteiger partial charge < -0.3 is 0 Å². The van der Waals surface area contributed by atoms with Crippen LogP contribution in [0.5, 0.6) is 0 Å². The number of anilines is 1. The van der Waals surface area contributed by atoms with Crippen molar-refractivity contribution >= 4 is 38.1 Å². The number of aromatic nitrogens is 2. The van der Waals surface area contributed by atoms with Crippen molar-refractivity contribution in [2.24, 2.45) is 0 Å². The van der Waals surface area contributed by atoms with E-state index in [0.717, 1.165) is 23.2 Å². The number of fused-ring (bicyclic) bond motifs is 1. The van der Waals surface area contributed by atoms with Crippen molar-refractivity contribution in [1.29, 1.82) is 5.26 Å². The van der Waals surface area contributed by atoms with E-state index in [2.05, 4.69) is 4.98 Å². The van der Waals surface area contributed by atoms with Crippen LogP contribution in [0.1, 0.15) is 22.9 Å². The molecule has 6 nitrogen and oxygen atoms in total. The van der Waals surface area contributed by atoms with Gasteiger partial charge in [0.2, 0.25) is 0 Å². The Balaban J connectivity index is 2.20. The summed E-state index contributed by atoms with van der Waals surface area (Å²) in [6.45, 7) is 3.94. The average molecular weight is 523 g/mol. The highest BCUT2D eigenvalue weighted by molar-refractivity contribution is 7.92. The second-order valence-corrected chi connectivity index (χ2v) is 10.8. The third-order valence-electron chi connectivity index (χ3n) is 5.53. The minimum atomic E-state index is -4.99. The summed E-state index contributed by atoms with van der Waals surface area (Å²) in [6, 6.07) is 5.74. The number of thiophene rings is 1. The number of nitrogens with zero attached hydrogens (tertiary/aromatic N) is 4. The molecule has 35 heavy (non-hydrogen) atoms. The maximum atomic E-state index is 14.5. The summed E-state index contributed by atoms with van der Waals surface area (Å²) in [5.41, 5.74) is 0.339. The standard InChI is InChI=1S/C23H18F4N4O2S2/c1-13-7-21-18(9-20(13)24)19(10-28)22(30(21)16-8-14(2)34-12-16)31(15(3)23(25,26)27)35(32,33)17-5-4-6-29-11-17/h4-9,11-12,15H,1-3H3/t15-/m0/s1. The van der Waals surface area contributed by atoms with Crippen molar-refractivity contribution in [3.05, 3.63) is 69.9 Å². The van der Waals surface area contributed by atoms with Crippen LogP contribution in [0, 0.1) is 31.0 Å². The molecule has 3 aromatic heterocycles. The molecule has 0 bridgehead atoms. The van der Waals surface area contributed by atoms with Crippen molar-refractivity contribution in [3.8, 4) is 11.8 Å². The highest BCUT2D eigenvalue weighted by Crippen LogP contribution is 2.42. The lowest BCUT2D eigenvalue weighted by Crippen LogP contribution is -2.48. The predicted octanol–water partition coefficient (Wildman–Crippen LogP) is 5.86.